The predicted octanol–water partition coefficient (Wildman–Crippen LogP) is -2.96. The van der Waals surface area contributed by atoms with Crippen molar-refractivity contribution in [3.63, 3.8) is 0 Å². The van der Waals surface area contributed by atoms with Gasteiger partial charge in [0.1, 0.15) is 0 Å². The highest BCUT2D eigenvalue weighted by Gasteiger charge is 1.94. The van der Waals surface area contributed by atoms with Crippen molar-refractivity contribution in [3.05, 3.63) is 0 Å². The average Bonchev–Trinajstić information content (AvgIpc) is 2.01. The lowest BCUT2D eigenvalue weighted by molar-refractivity contribution is 0.538. The molecule has 0 heterocycles. The molecule has 0 saturated heterocycles. The van der Waals surface area contributed by atoms with E-state index >= 15 is 0 Å². The van der Waals surface area contributed by atoms with Crippen molar-refractivity contribution in [2.45, 2.75) is 18.8 Å². The van der Waals surface area contributed by atoms with Gasteiger partial charge in [0, 0.05) is 13.1 Å². The summed E-state index contributed by atoms with van der Waals surface area (Å²) in [5.74, 6) is 0. The third-order valence-electron chi connectivity index (χ3n) is 1.47. The van der Waals surface area contributed by atoms with Crippen molar-refractivity contribution >= 4 is 0 Å². The lowest BCUT2D eigenvalue weighted by Gasteiger charge is -2.09. The first-order valence-electron chi connectivity index (χ1n) is 4.56. The van der Waals surface area contributed by atoms with Crippen molar-refractivity contribution < 1.29 is 0 Å². The second-order valence-electron chi connectivity index (χ2n) is 3.09. The van der Waals surface area contributed by atoms with Crippen LogP contribution in [0.3, 0.4) is 0 Å². The molecule has 0 aliphatic carbocycles. The van der Waals surface area contributed by atoms with Gasteiger partial charge in [-0.1, -0.05) is 0 Å². The maximum Gasteiger partial charge on any atom is 0.0649 e. The van der Waals surface area contributed by atoms with E-state index in [0.717, 1.165) is 19.5 Å². The molecule has 0 aliphatic rings. The fourth-order valence-electron chi connectivity index (χ4n) is 0.876. The molecule has 0 atom stereocenters. The van der Waals surface area contributed by atoms with E-state index in [4.69, 9.17) is 22.9 Å². The Morgan fingerprint density at radius 3 is 1.46 bits per heavy atom. The third kappa shape index (κ3) is 11.8. The van der Waals surface area contributed by atoms with Crippen LogP contribution in [0.4, 0.5) is 0 Å². The van der Waals surface area contributed by atoms with Crippen molar-refractivity contribution in [3.8, 4) is 0 Å². The first-order valence-corrected chi connectivity index (χ1v) is 4.56. The van der Waals surface area contributed by atoms with E-state index < -0.39 is 0 Å². The van der Waals surface area contributed by atoms with E-state index in [1.54, 1.807) is 0 Å². The number of hydrogen-bond donors (Lipinski definition) is 6. The van der Waals surface area contributed by atoms with Gasteiger partial charge in [0.25, 0.3) is 0 Å². The van der Waals surface area contributed by atoms with E-state index in [0.29, 0.717) is 13.1 Å². The minimum absolute atomic E-state index is 0.273. The quantitative estimate of drug-likeness (QED) is 0.179. The molecule has 0 saturated carbocycles. The van der Waals surface area contributed by atoms with Gasteiger partial charge >= 0.3 is 0 Å². The maximum absolute atomic E-state index is 5.34. The highest BCUT2D eigenvalue weighted by Crippen LogP contribution is 1.73. The van der Waals surface area contributed by atoms with Gasteiger partial charge in [-0.15, -0.1) is 0 Å². The van der Waals surface area contributed by atoms with E-state index in [2.05, 4.69) is 10.6 Å². The molecule has 13 heavy (non-hydrogen) atoms. The minimum Gasteiger partial charge on any atom is -0.315 e. The minimum atomic E-state index is -0.273. The van der Waals surface area contributed by atoms with Crippen molar-refractivity contribution in [1.29, 1.82) is 0 Å². The summed E-state index contributed by atoms with van der Waals surface area (Å²) in [7, 11) is 0. The smallest absolute Gasteiger partial charge is 0.0649 e. The molecule has 6 heteroatoms. The number of hydrogen-bond acceptors (Lipinski definition) is 6. The maximum atomic E-state index is 5.34. The van der Waals surface area contributed by atoms with Crippen molar-refractivity contribution in [2.75, 3.05) is 26.2 Å². The van der Waals surface area contributed by atoms with Gasteiger partial charge in [-0.2, -0.15) is 0 Å². The molecule has 0 amide bonds. The summed E-state index contributed by atoms with van der Waals surface area (Å²) >= 11 is 0. The van der Waals surface area contributed by atoms with Gasteiger partial charge in [0.05, 0.1) is 12.3 Å². The van der Waals surface area contributed by atoms with E-state index in [1.165, 1.54) is 0 Å². The summed E-state index contributed by atoms with van der Waals surface area (Å²) < 4.78 is 0. The van der Waals surface area contributed by atoms with Gasteiger partial charge < -0.3 is 33.6 Å². The highest BCUT2D eigenvalue weighted by atomic mass is 15.0. The highest BCUT2D eigenvalue weighted by molar-refractivity contribution is 4.59. The Bertz CT molecular complexity index is 93.2. The Morgan fingerprint density at radius 1 is 0.769 bits per heavy atom. The Morgan fingerprint density at radius 2 is 1.15 bits per heavy atom. The monoisotopic (exact) mass is 190 g/mol. The van der Waals surface area contributed by atoms with Crippen molar-refractivity contribution in [2.24, 2.45) is 22.9 Å². The molecule has 0 aromatic rings. The Balaban J connectivity index is 2.92. The summed E-state index contributed by atoms with van der Waals surface area (Å²) in [5, 5.41) is 6.24. The molecule has 0 unspecified atom stereocenters. The van der Waals surface area contributed by atoms with Gasteiger partial charge in [0.15, 0.2) is 0 Å². The number of nitrogens with two attached hydrogens (primary N) is 4. The summed E-state index contributed by atoms with van der Waals surface area (Å²) in [5.41, 5.74) is 21.4. The Hall–Kier alpha value is -0.240. The number of rotatable bonds is 8. The molecule has 10 N–H and O–H groups in total. The van der Waals surface area contributed by atoms with Crippen LogP contribution in [-0.4, -0.2) is 38.5 Å². The average molecular weight is 190 g/mol. The van der Waals surface area contributed by atoms with Crippen LogP contribution in [0.1, 0.15) is 6.42 Å². The normalized spacial score (nSPS) is 11.5. The van der Waals surface area contributed by atoms with Crippen LogP contribution in [0, 0.1) is 0 Å². The predicted molar refractivity (Wildman–Crippen MR) is 54.7 cm³/mol. The van der Waals surface area contributed by atoms with Gasteiger partial charge in [-0.05, 0) is 19.5 Å². The van der Waals surface area contributed by atoms with Crippen LogP contribution in [0.25, 0.3) is 0 Å². The van der Waals surface area contributed by atoms with Crippen LogP contribution in [0.5, 0.6) is 0 Å². The van der Waals surface area contributed by atoms with Crippen molar-refractivity contribution in [1.82, 2.24) is 10.6 Å². The molecular formula is C7H22N6. The van der Waals surface area contributed by atoms with Gasteiger partial charge in [0.2, 0.25) is 0 Å². The first kappa shape index (κ1) is 12.8. The molecule has 0 aromatic carbocycles. The first-order chi connectivity index (χ1) is 6.13. The van der Waals surface area contributed by atoms with Crippen LogP contribution < -0.4 is 33.6 Å². The molecule has 0 rings (SSSR count). The summed E-state index contributed by atoms with van der Waals surface area (Å²) in [6.07, 6.45) is 0.468. The van der Waals surface area contributed by atoms with Gasteiger partial charge in [-0.25, -0.2) is 0 Å². The molecular weight excluding hydrogens is 168 g/mol. The van der Waals surface area contributed by atoms with Gasteiger partial charge in [-0.3, -0.25) is 0 Å². The SMILES string of the molecule is NC(N)CNCCCNCC(N)N. The molecule has 0 fully saturated rings. The zero-order chi connectivity index (χ0) is 10.1. The molecule has 0 radical (unpaired) electrons. The van der Waals surface area contributed by atoms with E-state index in [-0.39, 0.29) is 12.3 Å². The third-order valence-corrected chi connectivity index (χ3v) is 1.47. The second-order valence-corrected chi connectivity index (χ2v) is 3.09. The second kappa shape index (κ2) is 8.36. The number of nitrogens with one attached hydrogen (secondary N) is 2. The fraction of sp³-hybridized carbons (Fsp3) is 1.00. The largest absolute Gasteiger partial charge is 0.315 e. The molecule has 0 bridgehead atoms. The summed E-state index contributed by atoms with van der Waals surface area (Å²) in [6.45, 7) is 3.10. The molecule has 80 valence electrons. The van der Waals surface area contributed by atoms with Crippen LogP contribution in [0.2, 0.25) is 0 Å². The van der Waals surface area contributed by atoms with E-state index in [1.807, 2.05) is 0 Å². The lowest BCUT2D eigenvalue weighted by atomic mass is 10.4. The molecule has 6 nitrogen and oxygen atoms in total. The van der Waals surface area contributed by atoms with Crippen LogP contribution >= 0.6 is 0 Å². The fourth-order valence-corrected chi connectivity index (χ4v) is 0.876. The standard InChI is InChI=1S/C7H22N6/c8-6(9)4-12-2-1-3-13-5-7(10)11/h6-7,12-13H,1-5,8-11H2. The topological polar surface area (TPSA) is 128 Å². The van der Waals surface area contributed by atoms with Crippen LogP contribution in [0.15, 0.2) is 0 Å². The zero-order valence-corrected chi connectivity index (χ0v) is 8.00. The van der Waals surface area contributed by atoms with E-state index in [9.17, 15) is 0 Å². The Kier molecular flexibility index (Phi) is 8.21. The lowest BCUT2D eigenvalue weighted by Crippen LogP contribution is -2.43. The van der Waals surface area contributed by atoms with Crippen LogP contribution in [-0.2, 0) is 0 Å². The Labute approximate surface area is 79.4 Å². The molecule has 0 aliphatic heterocycles. The zero-order valence-electron chi connectivity index (χ0n) is 8.00. The summed E-state index contributed by atoms with van der Waals surface area (Å²) in [4.78, 5) is 0. The summed E-state index contributed by atoms with van der Waals surface area (Å²) in [6, 6.07) is 0. The molecule has 0 spiro atoms. The molecule has 0 aromatic heterocycles.